The maximum absolute atomic E-state index is 12.6. The molecule has 0 aliphatic heterocycles. The highest BCUT2D eigenvalue weighted by molar-refractivity contribution is 7.15. The SMILES string of the molecule is Cc1nc(C(=O)N[C@@H](CN)CC(C)C)c(-c2ccccc2)s1. The predicted molar refractivity (Wildman–Crippen MR) is 92.1 cm³/mol. The number of thiazole rings is 1. The van der Waals surface area contributed by atoms with E-state index in [-0.39, 0.29) is 11.9 Å². The van der Waals surface area contributed by atoms with Gasteiger partial charge in [0.25, 0.3) is 5.91 Å². The molecule has 0 aliphatic rings. The van der Waals surface area contributed by atoms with Crippen LogP contribution < -0.4 is 11.1 Å². The Bertz CT molecular complexity index is 622. The number of aromatic nitrogens is 1. The van der Waals surface area contributed by atoms with E-state index in [0.717, 1.165) is 21.9 Å². The molecule has 1 atom stereocenters. The largest absolute Gasteiger partial charge is 0.347 e. The molecule has 0 unspecified atom stereocenters. The Morgan fingerprint density at radius 3 is 2.59 bits per heavy atom. The van der Waals surface area contributed by atoms with Crippen molar-refractivity contribution in [2.24, 2.45) is 11.7 Å². The monoisotopic (exact) mass is 317 g/mol. The molecule has 2 aromatic rings. The first-order valence-electron chi connectivity index (χ1n) is 7.55. The lowest BCUT2D eigenvalue weighted by molar-refractivity contribution is 0.0930. The third-order valence-electron chi connectivity index (χ3n) is 3.36. The summed E-state index contributed by atoms with van der Waals surface area (Å²) in [6, 6.07) is 9.88. The van der Waals surface area contributed by atoms with Crippen molar-refractivity contribution in [1.82, 2.24) is 10.3 Å². The molecule has 0 aliphatic carbocycles. The van der Waals surface area contributed by atoms with Crippen molar-refractivity contribution in [1.29, 1.82) is 0 Å². The molecule has 1 aromatic carbocycles. The fourth-order valence-corrected chi connectivity index (χ4v) is 3.32. The molecular weight excluding hydrogens is 294 g/mol. The normalized spacial score (nSPS) is 12.4. The van der Waals surface area contributed by atoms with Crippen molar-refractivity contribution in [2.45, 2.75) is 33.2 Å². The second-order valence-corrected chi connectivity index (χ2v) is 7.02. The predicted octanol–water partition coefficient (Wildman–Crippen LogP) is 3.22. The summed E-state index contributed by atoms with van der Waals surface area (Å²) < 4.78 is 0. The van der Waals surface area contributed by atoms with E-state index in [9.17, 15) is 4.79 Å². The van der Waals surface area contributed by atoms with E-state index in [0.29, 0.717) is 18.2 Å². The van der Waals surface area contributed by atoms with Gasteiger partial charge >= 0.3 is 0 Å². The Morgan fingerprint density at radius 1 is 1.32 bits per heavy atom. The maximum atomic E-state index is 12.6. The minimum absolute atomic E-state index is 0.0156. The summed E-state index contributed by atoms with van der Waals surface area (Å²) in [7, 11) is 0. The number of nitrogens with one attached hydrogen (secondary N) is 1. The molecule has 22 heavy (non-hydrogen) atoms. The van der Waals surface area contributed by atoms with Crippen LogP contribution in [0, 0.1) is 12.8 Å². The van der Waals surface area contributed by atoms with E-state index in [1.54, 1.807) is 11.3 Å². The van der Waals surface area contributed by atoms with Crippen LogP contribution in [0.25, 0.3) is 10.4 Å². The van der Waals surface area contributed by atoms with Crippen LogP contribution in [0.2, 0.25) is 0 Å². The van der Waals surface area contributed by atoms with Crippen molar-refractivity contribution < 1.29 is 4.79 Å². The van der Waals surface area contributed by atoms with E-state index in [1.165, 1.54) is 0 Å². The number of nitrogens with zero attached hydrogens (tertiary/aromatic N) is 1. The van der Waals surface area contributed by atoms with E-state index < -0.39 is 0 Å². The Morgan fingerprint density at radius 2 is 2.00 bits per heavy atom. The quantitative estimate of drug-likeness (QED) is 0.859. The van der Waals surface area contributed by atoms with Crippen LogP contribution in [0.5, 0.6) is 0 Å². The first kappa shape index (κ1) is 16.6. The number of carbonyl (C=O) groups is 1. The lowest BCUT2D eigenvalue weighted by atomic mass is 10.0. The smallest absolute Gasteiger partial charge is 0.271 e. The number of amides is 1. The lowest BCUT2D eigenvalue weighted by Gasteiger charge is -2.18. The highest BCUT2D eigenvalue weighted by Crippen LogP contribution is 2.30. The average molecular weight is 317 g/mol. The number of benzene rings is 1. The van der Waals surface area contributed by atoms with Crippen molar-refractivity contribution in [3.63, 3.8) is 0 Å². The number of hydrogen-bond acceptors (Lipinski definition) is 4. The van der Waals surface area contributed by atoms with Crippen LogP contribution in [0.4, 0.5) is 0 Å². The standard InChI is InChI=1S/C17H23N3OS/c1-11(2)9-14(10-18)20-17(21)15-16(22-12(3)19-15)13-7-5-4-6-8-13/h4-8,11,14H,9-10,18H2,1-3H3,(H,20,21)/t14-/m1/s1. The van der Waals surface area contributed by atoms with Crippen LogP contribution in [0.3, 0.4) is 0 Å². The van der Waals surface area contributed by atoms with Gasteiger partial charge in [0.05, 0.1) is 9.88 Å². The first-order chi connectivity index (χ1) is 10.5. The molecule has 0 fully saturated rings. The summed E-state index contributed by atoms with van der Waals surface area (Å²) in [4.78, 5) is 17.9. The molecule has 0 saturated carbocycles. The maximum Gasteiger partial charge on any atom is 0.271 e. The number of nitrogens with two attached hydrogens (primary N) is 1. The van der Waals surface area contributed by atoms with Gasteiger partial charge in [0.1, 0.15) is 5.69 Å². The summed E-state index contributed by atoms with van der Waals surface area (Å²) in [5, 5.41) is 3.90. The van der Waals surface area contributed by atoms with Crippen LogP contribution >= 0.6 is 11.3 Å². The average Bonchev–Trinajstić information content (AvgIpc) is 2.89. The van der Waals surface area contributed by atoms with Crippen molar-refractivity contribution in [3.05, 3.63) is 41.0 Å². The van der Waals surface area contributed by atoms with Gasteiger partial charge in [-0.2, -0.15) is 0 Å². The van der Waals surface area contributed by atoms with Gasteiger partial charge in [-0.3, -0.25) is 4.79 Å². The number of rotatable bonds is 6. The van der Waals surface area contributed by atoms with Gasteiger partial charge < -0.3 is 11.1 Å². The molecule has 2 rings (SSSR count). The summed E-state index contributed by atoms with van der Waals surface area (Å²) in [5.41, 5.74) is 7.29. The highest BCUT2D eigenvalue weighted by atomic mass is 32.1. The molecule has 3 N–H and O–H groups in total. The minimum atomic E-state index is -0.140. The topological polar surface area (TPSA) is 68.0 Å². The van der Waals surface area contributed by atoms with E-state index in [4.69, 9.17) is 5.73 Å². The molecule has 0 saturated heterocycles. The molecule has 1 heterocycles. The Hall–Kier alpha value is -1.72. The molecule has 0 radical (unpaired) electrons. The number of aryl methyl sites for hydroxylation is 1. The van der Waals surface area contributed by atoms with Crippen molar-refractivity contribution in [3.8, 4) is 10.4 Å². The molecule has 0 bridgehead atoms. The summed E-state index contributed by atoms with van der Waals surface area (Å²) in [6.45, 7) is 6.60. The minimum Gasteiger partial charge on any atom is -0.347 e. The Labute approximate surface area is 135 Å². The molecular formula is C17H23N3OS. The molecule has 1 aromatic heterocycles. The molecule has 1 amide bonds. The van der Waals surface area contributed by atoms with Gasteiger partial charge in [-0.25, -0.2) is 4.98 Å². The van der Waals surface area contributed by atoms with Gasteiger partial charge in [0, 0.05) is 12.6 Å². The molecule has 118 valence electrons. The highest BCUT2D eigenvalue weighted by Gasteiger charge is 2.21. The van der Waals surface area contributed by atoms with Gasteiger partial charge in [-0.05, 0) is 24.8 Å². The van der Waals surface area contributed by atoms with Gasteiger partial charge in [-0.15, -0.1) is 11.3 Å². The van der Waals surface area contributed by atoms with Gasteiger partial charge in [0.2, 0.25) is 0 Å². The first-order valence-corrected chi connectivity index (χ1v) is 8.36. The lowest BCUT2D eigenvalue weighted by Crippen LogP contribution is -2.41. The van der Waals surface area contributed by atoms with Crippen molar-refractivity contribution in [2.75, 3.05) is 6.54 Å². The fraction of sp³-hybridized carbons (Fsp3) is 0.412. The zero-order valence-corrected chi connectivity index (χ0v) is 14.1. The van der Waals surface area contributed by atoms with Crippen LogP contribution in [-0.4, -0.2) is 23.5 Å². The van der Waals surface area contributed by atoms with Crippen LogP contribution in [-0.2, 0) is 0 Å². The second kappa shape index (κ2) is 7.51. The van der Waals surface area contributed by atoms with Crippen molar-refractivity contribution >= 4 is 17.2 Å². The summed E-state index contributed by atoms with van der Waals surface area (Å²) in [5.74, 6) is 0.346. The van der Waals surface area contributed by atoms with Crippen LogP contribution in [0.15, 0.2) is 30.3 Å². The van der Waals surface area contributed by atoms with E-state index >= 15 is 0 Å². The van der Waals surface area contributed by atoms with E-state index in [2.05, 4.69) is 24.1 Å². The van der Waals surface area contributed by atoms with Gasteiger partial charge in [0.15, 0.2) is 0 Å². The number of hydrogen-bond donors (Lipinski definition) is 2. The fourth-order valence-electron chi connectivity index (χ4n) is 2.40. The third-order valence-corrected chi connectivity index (χ3v) is 4.38. The zero-order chi connectivity index (χ0) is 16.1. The second-order valence-electron chi connectivity index (χ2n) is 5.81. The number of carbonyl (C=O) groups excluding carboxylic acids is 1. The Balaban J connectivity index is 2.23. The third kappa shape index (κ3) is 4.15. The van der Waals surface area contributed by atoms with Crippen LogP contribution in [0.1, 0.15) is 35.8 Å². The summed E-state index contributed by atoms with van der Waals surface area (Å²) >= 11 is 1.54. The molecule has 5 heteroatoms. The van der Waals surface area contributed by atoms with Gasteiger partial charge in [-0.1, -0.05) is 44.2 Å². The Kier molecular flexibility index (Phi) is 5.69. The molecule has 0 spiro atoms. The van der Waals surface area contributed by atoms with E-state index in [1.807, 2.05) is 37.3 Å². The molecule has 4 nitrogen and oxygen atoms in total. The summed E-state index contributed by atoms with van der Waals surface area (Å²) in [6.07, 6.45) is 0.867. The zero-order valence-electron chi connectivity index (χ0n) is 13.3.